The molecule has 0 saturated carbocycles. The molecule has 2 aromatic heterocycles. The van der Waals surface area contributed by atoms with Crippen LogP contribution >= 0.6 is 0 Å². The number of hydrogen-bond acceptors (Lipinski definition) is 4. The Morgan fingerprint density at radius 2 is 1.96 bits per heavy atom. The summed E-state index contributed by atoms with van der Waals surface area (Å²) in [5, 5.41) is 2.86. The molecule has 0 bridgehead atoms. The first-order valence-electron chi connectivity index (χ1n) is 8.69. The van der Waals surface area contributed by atoms with Crippen LogP contribution in [0.1, 0.15) is 35.5 Å². The molecular weight excluding hydrogens is 326 g/mol. The molecule has 1 amide bonds. The minimum atomic E-state index is -0.167. The second-order valence-electron chi connectivity index (χ2n) is 6.40. The van der Waals surface area contributed by atoms with E-state index in [0.717, 1.165) is 18.0 Å². The van der Waals surface area contributed by atoms with E-state index in [1.807, 2.05) is 30.3 Å². The molecule has 0 aliphatic heterocycles. The minimum absolute atomic E-state index is 0.167. The van der Waals surface area contributed by atoms with E-state index < -0.39 is 0 Å². The fourth-order valence-electron chi connectivity index (χ4n) is 2.74. The Hall–Kier alpha value is -3.08. The highest BCUT2D eigenvalue weighted by Crippen LogP contribution is 2.20. The van der Waals surface area contributed by atoms with Gasteiger partial charge in [0.15, 0.2) is 0 Å². The Balaban J connectivity index is 1.74. The second kappa shape index (κ2) is 8.34. The Bertz CT molecular complexity index is 829. The predicted octanol–water partition coefficient (Wildman–Crippen LogP) is 4.02. The lowest BCUT2D eigenvalue weighted by Gasteiger charge is -2.29. The fourth-order valence-corrected chi connectivity index (χ4v) is 2.74. The molecule has 134 valence electrons. The van der Waals surface area contributed by atoms with Gasteiger partial charge in [-0.15, -0.1) is 0 Å². The van der Waals surface area contributed by atoms with Crippen LogP contribution in [0.2, 0.25) is 0 Å². The van der Waals surface area contributed by atoms with Crippen LogP contribution in [0.4, 0.5) is 5.69 Å². The van der Waals surface area contributed by atoms with Crippen molar-refractivity contribution in [3.8, 4) is 0 Å². The van der Waals surface area contributed by atoms with E-state index in [1.54, 1.807) is 24.7 Å². The molecule has 0 aliphatic rings. The van der Waals surface area contributed by atoms with Crippen molar-refractivity contribution in [2.75, 3.05) is 4.90 Å². The van der Waals surface area contributed by atoms with Gasteiger partial charge in [0.05, 0.1) is 30.3 Å². The number of nitrogens with one attached hydrogen (secondary N) is 1. The normalized spacial score (nSPS) is 10.7. The smallest absolute Gasteiger partial charge is 0.253 e. The average molecular weight is 349 g/mol. The van der Waals surface area contributed by atoms with Crippen molar-refractivity contribution in [3.05, 3.63) is 84.1 Å². The number of hydrogen-bond donors (Lipinski definition) is 1. The highest BCUT2D eigenvalue weighted by atomic mass is 16.3. The van der Waals surface area contributed by atoms with Crippen LogP contribution in [0.3, 0.4) is 0 Å². The Labute approximate surface area is 153 Å². The highest BCUT2D eigenvalue weighted by Gasteiger charge is 2.14. The van der Waals surface area contributed by atoms with Crippen LogP contribution in [-0.4, -0.2) is 16.9 Å². The zero-order valence-corrected chi connectivity index (χ0v) is 15.1. The Morgan fingerprint density at radius 3 is 2.65 bits per heavy atom. The van der Waals surface area contributed by atoms with Crippen molar-refractivity contribution in [2.45, 2.75) is 33.0 Å². The number of anilines is 1. The molecule has 1 N–H and O–H groups in total. The number of aromatic nitrogens is 1. The van der Waals surface area contributed by atoms with E-state index >= 15 is 0 Å². The molecular formula is C21H23N3O2. The van der Waals surface area contributed by atoms with Crippen LogP contribution in [0.5, 0.6) is 0 Å². The summed E-state index contributed by atoms with van der Waals surface area (Å²) in [6, 6.07) is 16.1. The van der Waals surface area contributed by atoms with Gasteiger partial charge in [-0.1, -0.05) is 30.3 Å². The monoisotopic (exact) mass is 349 g/mol. The van der Waals surface area contributed by atoms with Gasteiger partial charge in [-0.3, -0.25) is 9.78 Å². The molecule has 0 spiro atoms. The molecule has 0 atom stereocenters. The summed E-state index contributed by atoms with van der Waals surface area (Å²) in [7, 11) is 0. The standard InChI is InChI=1S/C21H23N3O2/c1-16(2)24(15-17-7-4-3-5-8-17)19-11-18(12-22-13-19)21(25)23-14-20-9-6-10-26-20/h3-13,16H,14-15H2,1-2H3,(H,23,25). The first-order chi connectivity index (χ1) is 12.6. The first kappa shape index (κ1) is 17.7. The van der Waals surface area contributed by atoms with Gasteiger partial charge in [-0.2, -0.15) is 0 Å². The van der Waals surface area contributed by atoms with Crippen molar-refractivity contribution in [1.82, 2.24) is 10.3 Å². The number of benzene rings is 1. The molecule has 0 radical (unpaired) electrons. The topological polar surface area (TPSA) is 58.4 Å². The van der Waals surface area contributed by atoms with E-state index in [-0.39, 0.29) is 11.9 Å². The molecule has 2 heterocycles. The third kappa shape index (κ3) is 4.51. The van der Waals surface area contributed by atoms with E-state index in [9.17, 15) is 4.79 Å². The fraction of sp³-hybridized carbons (Fsp3) is 0.238. The lowest BCUT2D eigenvalue weighted by Crippen LogP contribution is -2.31. The quantitative estimate of drug-likeness (QED) is 0.700. The van der Waals surface area contributed by atoms with Gasteiger partial charge in [0.2, 0.25) is 0 Å². The zero-order valence-electron chi connectivity index (χ0n) is 15.1. The van der Waals surface area contributed by atoms with E-state index in [2.05, 4.69) is 41.2 Å². The maximum atomic E-state index is 12.4. The molecule has 1 aromatic carbocycles. The maximum absolute atomic E-state index is 12.4. The molecule has 5 heteroatoms. The summed E-state index contributed by atoms with van der Waals surface area (Å²) in [5.74, 6) is 0.550. The number of carbonyl (C=O) groups excluding carboxylic acids is 1. The van der Waals surface area contributed by atoms with Crippen molar-refractivity contribution in [3.63, 3.8) is 0 Å². The zero-order chi connectivity index (χ0) is 18.4. The van der Waals surface area contributed by atoms with Crippen LogP contribution < -0.4 is 10.2 Å². The van der Waals surface area contributed by atoms with E-state index in [4.69, 9.17) is 4.42 Å². The summed E-state index contributed by atoms with van der Waals surface area (Å²) in [4.78, 5) is 18.9. The van der Waals surface area contributed by atoms with Crippen molar-refractivity contribution >= 4 is 11.6 Å². The summed E-state index contributed by atoms with van der Waals surface area (Å²) in [5.41, 5.74) is 2.68. The van der Waals surface area contributed by atoms with Gasteiger partial charge < -0.3 is 14.6 Å². The molecule has 3 rings (SSSR count). The molecule has 0 unspecified atom stereocenters. The van der Waals surface area contributed by atoms with Crippen molar-refractivity contribution in [1.29, 1.82) is 0 Å². The summed E-state index contributed by atoms with van der Waals surface area (Å²) in [6.07, 6.45) is 4.97. The number of amides is 1. The van der Waals surface area contributed by atoms with Gasteiger partial charge in [0.25, 0.3) is 5.91 Å². The lowest BCUT2D eigenvalue weighted by atomic mass is 10.1. The van der Waals surface area contributed by atoms with Gasteiger partial charge in [0.1, 0.15) is 5.76 Å². The molecule has 26 heavy (non-hydrogen) atoms. The third-order valence-electron chi connectivity index (χ3n) is 4.14. The third-order valence-corrected chi connectivity index (χ3v) is 4.14. The summed E-state index contributed by atoms with van der Waals surface area (Å²) in [6.45, 7) is 5.38. The molecule has 0 fully saturated rings. The van der Waals surface area contributed by atoms with Crippen LogP contribution in [-0.2, 0) is 13.1 Å². The maximum Gasteiger partial charge on any atom is 0.253 e. The number of furan rings is 1. The SMILES string of the molecule is CC(C)N(Cc1ccccc1)c1cncc(C(=O)NCc2ccco2)c1. The first-order valence-corrected chi connectivity index (χ1v) is 8.69. The average Bonchev–Trinajstić information content (AvgIpc) is 3.18. The highest BCUT2D eigenvalue weighted by molar-refractivity contribution is 5.94. The lowest BCUT2D eigenvalue weighted by molar-refractivity contribution is 0.0947. The number of pyridine rings is 1. The molecule has 5 nitrogen and oxygen atoms in total. The van der Waals surface area contributed by atoms with Crippen LogP contribution in [0.15, 0.2) is 71.6 Å². The van der Waals surface area contributed by atoms with Crippen molar-refractivity contribution < 1.29 is 9.21 Å². The van der Waals surface area contributed by atoms with Crippen LogP contribution in [0.25, 0.3) is 0 Å². The van der Waals surface area contributed by atoms with E-state index in [1.165, 1.54) is 5.56 Å². The second-order valence-corrected chi connectivity index (χ2v) is 6.40. The predicted molar refractivity (Wildman–Crippen MR) is 102 cm³/mol. The number of carbonyl (C=O) groups is 1. The van der Waals surface area contributed by atoms with Gasteiger partial charge in [0, 0.05) is 18.8 Å². The largest absolute Gasteiger partial charge is 0.467 e. The summed E-state index contributed by atoms with van der Waals surface area (Å²) >= 11 is 0. The number of nitrogens with zero attached hydrogens (tertiary/aromatic N) is 2. The minimum Gasteiger partial charge on any atom is -0.467 e. The Morgan fingerprint density at radius 1 is 1.15 bits per heavy atom. The molecule has 3 aromatic rings. The number of rotatable bonds is 7. The van der Waals surface area contributed by atoms with Crippen molar-refractivity contribution in [2.24, 2.45) is 0 Å². The Kier molecular flexibility index (Phi) is 5.69. The van der Waals surface area contributed by atoms with Gasteiger partial charge in [-0.05, 0) is 37.6 Å². The molecule has 0 aliphatic carbocycles. The summed E-state index contributed by atoms with van der Waals surface area (Å²) < 4.78 is 5.24. The van der Waals surface area contributed by atoms with Crippen LogP contribution in [0, 0.1) is 0 Å². The van der Waals surface area contributed by atoms with Gasteiger partial charge in [-0.25, -0.2) is 0 Å². The van der Waals surface area contributed by atoms with E-state index in [0.29, 0.717) is 12.1 Å². The molecule has 0 saturated heterocycles. The van der Waals surface area contributed by atoms with Gasteiger partial charge >= 0.3 is 0 Å².